The first-order valence-corrected chi connectivity index (χ1v) is 8.98. The summed E-state index contributed by atoms with van der Waals surface area (Å²) in [5, 5.41) is 23.6. The zero-order valence-corrected chi connectivity index (χ0v) is 16.2. The number of aromatic hydroxyl groups is 1. The van der Waals surface area contributed by atoms with Crippen LogP contribution in [0.2, 0.25) is 0 Å². The monoisotopic (exact) mass is 400 g/mol. The van der Waals surface area contributed by atoms with E-state index in [4.69, 9.17) is 4.74 Å². The highest BCUT2D eigenvalue weighted by Gasteiger charge is 2.33. The van der Waals surface area contributed by atoms with Gasteiger partial charge in [-0.25, -0.2) is 9.59 Å². The Morgan fingerprint density at radius 3 is 2.21 bits per heavy atom. The summed E-state index contributed by atoms with van der Waals surface area (Å²) in [6, 6.07) is 13.9. The van der Waals surface area contributed by atoms with Crippen LogP contribution in [0.5, 0.6) is 5.75 Å². The summed E-state index contributed by atoms with van der Waals surface area (Å²) in [7, 11) is 0. The molecule has 1 atom stereocenters. The Kier molecular flexibility index (Phi) is 7.19. The first-order valence-electron chi connectivity index (χ1n) is 8.98. The number of hydrogen-bond acceptors (Lipinski definition) is 5. The van der Waals surface area contributed by atoms with E-state index >= 15 is 0 Å². The van der Waals surface area contributed by atoms with E-state index in [-0.39, 0.29) is 18.8 Å². The molecule has 0 aromatic heterocycles. The first-order chi connectivity index (χ1) is 13.7. The third-order valence-electron chi connectivity index (χ3n) is 4.17. The van der Waals surface area contributed by atoms with Crippen LogP contribution in [0, 0.1) is 0 Å². The zero-order chi connectivity index (χ0) is 21.4. The van der Waals surface area contributed by atoms with Gasteiger partial charge in [-0.05, 0) is 37.1 Å². The third kappa shape index (κ3) is 6.84. The molecule has 0 unspecified atom stereocenters. The predicted octanol–water partition coefficient (Wildman–Crippen LogP) is 2.21. The maximum atomic E-state index is 12.5. The molecule has 8 nitrogen and oxygen atoms in total. The molecular formula is C21H24N2O6. The van der Waals surface area contributed by atoms with Gasteiger partial charge in [-0.1, -0.05) is 42.5 Å². The first kappa shape index (κ1) is 21.7. The van der Waals surface area contributed by atoms with Crippen molar-refractivity contribution in [3.8, 4) is 5.75 Å². The van der Waals surface area contributed by atoms with Gasteiger partial charge in [0.05, 0.1) is 0 Å². The standard InChI is InChI=1S/C21H24N2O6/c1-21(2,23-20(28)29-13-15-6-4-3-5-7-15)19(27)22-17(18(25)26)12-14-8-10-16(24)11-9-14/h3-11,17,24H,12-13H2,1-2H3,(H,22,27)(H,23,28)(H,25,26)/t17-/m0/s1. The Morgan fingerprint density at radius 2 is 1.62 bits per heavy atom. The Labute approximate surface area is 168 Å². The molecule has 8 heteroatoms. The number of alkyl carbamates (subject to hydrolysis) is 1. The van der Waals surface area contributed by atoms with Crippen LogP contribution in [0.4, 0.5) is 4.79 Å². The molecule has 0 aliphatic rings. The number of amides is 2. The second kappa shape index (κ2) is 9.59. The lowest BCUT2D eigenvalue weighted by molar-refractivity contribution is -0.142. The fourth-order valence-electron chi connectivity index (χ4n) is 2.48. The zero-order valence-electron chi connectivity index (χ0n) is 16.2. The highest BCUT2D eigenvalue weighted by Crippen LogP contribution is 2.12. The van der Waals surface area contributed by atoms with Crippen LogP contribution in [0.1, 0.15) is 25.0 Å². The average molecular weight is 400 g/mol. The van der Waals surface area contributed by atoms with Crippen LogP contribution < -0.4 is 10.6 Å². The van der Waals surface area contributed by atoms with E-state index in [2.05, 4.69) is 10.6 Å². The van der Waals surface area contributed by atoms with E-state index in [1.54, 1.807) is 24.3 Å². The van der Waals surface area contributed by atoms with Crippen molar-refractivity contribution < 1.29 is 29.3 Å². The molecule has 29 heavy (non-hydrogen) atoms. The van der Waals surface area contributed by atoms with Crippen LogP contribution in [-0.2, 0) is 27.4 Å². The molecule has 0 aliphatic carbocycles. The molecule has 0 spiro atoms. The average Bonchev–Trinajstić information content (AvgIpc) is 2.67. The fraction of sp³-hybridized carbons (Fsp3) is 0.286. The fourth-order valence-corrected chi connectivity index (χ4v) is 2.48. The topological polar surface area (TPSA) is 125 Å². The lowest BCUT2D eigenvalue weighted by Crippen LogP contribution is -2.58. The summed E-state index contributed by atoms with van der Waals surface area (Å²) in [6.07, 6.45) is -0.769. The molecule has 0 radical (unpaired) electrons. The number of rotatable bonds is 8. The lowest BCUT2D eigenvalue weighted by atomic mass is 10.0. The maximum absolute atomic E-state index is 12.5. The number of carbonyl (C=O) groups excluding carboxylic acids is 2. The molecule has 0 aliphatic heterocycles. The molecule has 154 valence electrons. The summed E-state index contributed by atoms with van der Waals surface area (Å²) < 4.78 is 5.10. The summed E-state index contributed by atoms with van der Waals surface area (Å²) in [4.78, 5) is 36.1. The number of carboxylic acids is 1. The summed E-state index contributed by atoms with van der Waals surface area (Å²) in [6.45, 7) is 2.94. The molecule has 0 saturated heterocycles. The van der Waals surface area contributed by atoms with Crippen molar-refractivity contribution in [1.82, 2.24) is 10.6 Å². The molecule has 0 saturated carbocycles. The van der Waals surface area contributed by atoms with Crippen molar-refractivity contribution in [3.05, 3.63) is 65.7 Å². The number of carbonyl (C=O) groups is 3. The number of phenolic OH excluding ortho intramolecular Hbond substituents is 1. The van der Waals surface area contributed by atoms with Gasteiger partial charge in [0.2, 0.25) is 5.91 Å². The van der Waals surface area contributed by atoms with E-state index in [0.717, 1.165) is 5.56 Å². The number of nitrogens with one attached hydrogen (secondary N) is 2. The number of benzene rings is 2. The number of aliphatic carboxylic acids is 1. The van der Waals surface area contributed by atoms with Crippen molar-refractivity contribution in [1.29, 1.82) is 0 Å². The van der Waals surface area contributed by atoms with Crippen molar-refractivity contribution in [2.24, 2.45) is 0 Å². The van der Waals surface area contributed by atoms with Crippen molar-refractivity contribution in [2.45, 2.75) is 38.5 Å². The minimum atomic E-state index is -1.39. The van der Waals surface area contributed by atoms with Gasteiger partial charge in [0.15, 0.2) is 0 Å². The summed E-state index contributed by atoms with van der Waals surface area (Å²) >= 11 is 0. The summed E-state index contributed by atoms with van der Waals surface area (Å²) in [5.74, 6) is -1.82. The lowest BCUT2D eigenvalue weighted by Gasteiger charge is -2.26. The molecule has 2 aromatic carbocycles. The molecule has 0 heterocycles. The predicted molar refractivity (Wildman–Crippen MR) is 105 cm³/mol. The van der Waals surface area contributed by atoms with Gasteiger partial charge in [0, 0.05) is 6.42 Å². The molecule has 2 aromatic rings. The minimum Gasteiger partial charge on any atom is -0.508 e. The molecule has 4 N–H and O–H groups in total. The van der Waals surface area contributed by atoms with E-state index in [1.165, 1.54) is 26.0 Å². The minimum absolute atomic E-state index is 0.0237. The van der Waals surface area contributed by atoms with Crippen LogP contribution in [0.3, 0.4) is 0 Å². The van der Waals surface area contributed by atoms with Gasteiger partial charge < -0.3 is 25.6 Å². The normalized spacial score (nSPS) is 11.9. The van der Waals surface area contributed by atoms with Gasteiger partial charge in [0.25, 0.3) is 0 Å². The van der Waals surface area contributed by atoms with Gasteiger partial charge in [0.1, 0.15) is 23.9 Å². The smallest absolute Gasteiger partial charge is 0.408 e. The van der Waals surface area contributed by atoms with Crippen LogP contribution in [0.25, 0.3) is 0 Å². The van der Waals surface area contributed by atoms with Gasteiger partial charge in [-0.3, -0.25) is 4.79 Å². The second-order valence-corrected chi connectivity index (χ2v) is 7.05. The maximum Gasteiger partial charge on any atom is 0.408 e. The van der Waals surface area contributed by atoms with E-state index in [0.29, 0.717) is 5.56 Å². The Hall–Kier alpha value is -3.55. The SMILES string of the molecule is CC(C)(NC(=O)OCc1ccccc1)C(=O)N[C@@H](Cc1ccc(O)cc1)C(=O)O. The number of carboxylic acid groups (broad SMARTS) is 1. The second-order valence-electron chi connectivity index (χ2n) is 7.05. The van der Waals surface area contributed by atoms with Crippen LogP contribution >= 0.6 is 0 Å². The van der Waals surface area contributed by atoms with Gasteiger partial charge in [-0.2, -0.15) is 0 Å². The third-order valence-corrected chi connectivity index (χ3v) is 4.17. The van der Waals surface area contributed by atoms with Crippen molar-refractivity contribution in [3.63, 3.8) is 0 Å². The Balaban J connectivity index is 1.93. The van der Waals surface area contributed by atoms with E-state index < -0.39 is 29.6 Å². The molecule has 0 bridgehead atoms. The molecule has 0 fully saturated rings. The highest BCUT2D eigenvalue weighted by atomic mass is 16.5. The Bertz CT molecular complexity index is 849. The van der Waals surface area contributed by atoms with Crippen LogP contribution in [-0.4, -0.2) is 39.8 Å². The van der Waals surface area contributed by atoms with Crippen LogP contribution in [0.15, 0.2) is 54.6 Å². The number of hydrogen-bond donors (Lipinski definition) is 4. The number of phenols is 1. The quantitative estimate of drug-likeness (QED) is 0.538. The molecule has 2 amide bonds. The Morgan fingerprint density at radius 1 is 1.00 bits per heavy atom. The van der Waals surface area contributed by atoms with E-state index in [9.17, 15) is 24.6 Å². The molecular weight excluding hydrogens is 376 g/mol. The number of ether oxygens (including phenoxy) is 1. The summed E-state index contributed by atoms with van der Waals surface area (Å²) in [5.41, 5.74) is 0.0319. The van der Waals surface area contributed by atoms with Gasteiger partial charge in [-0.15, -0.1) is 0 Å². The van der Waals surface area contributed by atoms with E-state index in [1.807, 2.05) is 18.2 Å². The largest absolute Gasteiger partial charge is 0.508 e. The van der Waals surface area contributed by atoms with Crippen molar-refractivity contribution in [2.75, 3.05) is 0 Å². The van der Waals surface area contributed by atoms with Gasteiger partial charge >= 0.3 is 12.1 Å². The molecule has 2 rings (SSSR count). The highest BCUT2D eigenvalue weighted by molar-refractivity contribution is 5.92. The van der Waals surface area contributed by atoms with Crippen molar-refractivity contribution >= 4 is 18.0 Å².